The van der Waals surface area contributed by atoms with Crippen LogP contribution in [0.25, 0.3) is 0 Å². The average Bonchev–Trinajstić information content (AvgIpc) is 2.56. The van der Waals surface area contributed by atoms with Crippen LogP contribution in [0.1, 0.15) is 40.0 Å². The third-order valence-electron chi connectivity index (χ3n) is 4.95. The first-order valence-corrected chi connectivity index (χ1v) is 9.14. The number of hydrogen-bond donors (Lipinski definition) is 1. The topological polar surface area (TPSA) is 51.2 Å². The maximum Gasteiger partial charge on any atom is 0.219 e. The summed E-state index contributed by atoms with van der Waals surface area (Å²) in [6.45, 7) is 13.4. The first-order valence-electron chi connectivity index (χ1n) is 9.14. The van der Waals surface area contributed by atoms with E-state index in [0.29, 0.717) is 6.04 Å². The Morgan fingerprint density at radius 1 is 1.12 bits per heavy atom. The molecule has 1 atom stereocenters. The van der Waals surface area contributed by atoms with Crippen LogP contribution in [0.15, 0.2) is 4.99 Å². The van der Waals surface area contributed by atoms with Crippen LogP contribution < -0.4 is 5.32 Å². The molecular formula is C17H34IN5O. The molecule has 2 aliphatic rings. The fraction of sp³-hybridized carbons (Fsp3) is 0.882. The van der Waals surface area contributed by atoms with Gasteiger partial charge < -0.3 is 15.1 Å². The molecule has 2 aliphatic heterocycles. The third kappa shape index (κ3) is 6.38. The highest BCUT2D eigenvalue weighted by Gasteiger charge is 2.21. The van der Waals surface area contributed by atoms with Gasteiger partial charge in [-0.05, 0) is 33.2 Å². The van der Waals surface area contributed by atoms with Crippen molar-refractivity contribution in [1.82, 2.24) is 20.0 Å². The summed E-state index contributed by atoms with van der Waals surface area (Å²) in [5, 5.41) is 3.40. The minimum Gasteiger partial charge on any atom is -0.357 e. The van der Waals surface area contributed by atoms with E-state index in [1.807, 2.05) is 4.90 Å². The van der Waals surface area contributed by atoms with Crippen molar-refractivity contribution < 1.29 is 4.79 Å². The molecule has 0 aromatic carbocycles. The maximum atomic E-state index is 11.4. The summed E-state index contributed by atoms with van der Waals surface area (Å²) in [5.74, 6) is 1.17. The molecule has 1 N–H and O–H groups in total. The Kier molecular flexibility index (Phi) is 9.95. The van der Waals surface area contributed by atoms with Crippen LogP contribution >= 0.6 is 24.0 Å². The fourth-order valence-corrected chi connectivity index (χ4v) is 3.43. The average molecular weight is 451 g/mol. The summed E-state index contributed by atoms with van der Waals surface area (Å²) in [6.07, 6.45) is 4.00. The summed E-state index contributed by atoms with van der Waals surface area (Å²) >= 11 is 0. The Balaban J connectivity index is 0.00000288. The molecular weight excluding hydrogens is 417 g/mol. The van der Waals surface area contributed by atoms with Crippen LogP contribution in [0.2, 0.25) is 0 Å². The van der Waals surface area contributed by atoms with Gasteiger partial charge in [-0.25, -0.2) is 0 Å². The molecule has 7 heteroatoms. The number of amides is 1. The number of piperidine rings is 1. The number of hydrogen-bond acceptors (Lipinski definition) is 3. The minimum atomic E-state index is 0. The summed E-state index contributed by atoms with van der Waals surface area (Å²) in [7, 11) is 0. The van der Waals surface area contributed by atoms with E-state index in [9.17, 15) is 4.79 Å². The minimum absolute atomic E-state index is 0. The Morgan fingerprint density at radius 3 is 2.38 bits per heavy atom. The summed E-state index contributed by atoms with van der Waals surface area (Å²) in [5.41, 5.74) is 0. The predicted molar refractivity (Wildman–Crippen MR) is 110 cm³/mol. The molecule has 0 bridgehead atoms. The zero-order valence-corrected chi connectivity index (χ0v) is 17.8. The first kappa shape index (κ1) is 21.5. The van der Waals surface area contributed by atoms with Gasteiger partial charge in [-0.3, -0.25) is 14.7 Å². The molecule has 6 nitrogen and oxygen atoms in total. The van der Waals surface area contributed by atoms with E-state index >= 15 is 0 Å². The highest BCUT2D eigenvalue weighted by atomic mass is 127. The van der Waals surface area contributed by atoms with Gasteiger partial charge in [0, 0.05) is 52.2 Å². The Labute approximate surface area is 164 Å². The molecule has 0 saturated carbocycles. The zero-order chi connectivity index (χ0) is 16.7. The lowest BCUT2D eigenvalue weighted by molar-refractivity contribution is -0.130. The summed E-state index contributed by atoms with van der Waals surface area (Å²) in [6, 6.07) is 0.695. The van der Waals surface area contributed by atoms with E-state index in [0.717, 1.165) is 51.8 Å². The van der Waals surface area contributed by atoms with Gasteiger partial charge in [0.25, 0.3) is 0 Å². The molecule has 2 saturated heterocycles. The number of halogens is 1. The smallest absolute Gasteiger partial charge is 0.219 e. The second kappa shape index (κ2) is 11.1. The lowest BCUT2D eigenvalue weighted by Crippen LogP contribution is -2.53. The molecule has 2 fully saturated rings. The molecule has 140 valence electrons. The molecule has 1 unspecified atom stereocenters. The van der Waals surface area contributed by atoms with Crippen LogP contribution in [0, 0.1) is 0 Å². The summed E-state index contributed by atoms with van der Waals surface area (Å²) < 4.78 is 0. The normalized spacial score (nSPS) is 23.0. The molecule has 1 amide bonds. The third-order valence-corrected chi connectivity index (χ3v) is 4.95. The van der Waals surface area contributed by atoms with E-state index < -0.39 is 0 Å². The Bertz CT molecular complexity index is 410. The second-order valence-electron chi connectivity index (χ2n) is 6.61. The number of guanidine groups is 1. The van der Waals surface area contributed by atoms with Crippen molar-refractivity contribution in [3.8, 4) is 0 Å². The van der Waals surface area contributed by atoms with Gasteiger partial charge in [-0.2, -0.15) is 0 Å². The molecule has 0 aromatic rings. The van der Waals surface area contributed by atoms with Crippen molar-refractivity contribution in [2.75, 3.05) is 52.4 Å². The van der Waals surface area contributed by atoms with Crippen molar-refractivity contribution in [1.29, 1.82) is 0 Å². The highest BCUT2D eigenvalue weighted by Crippen LogP contribution is 2.15. The van der Waals surface area contributed by atoms with Crippen molar-refractivity contribution in [3.63, 3.8) is 0 Å². The van der Waals surface area contributed by atoms with Crippen molar-refractivity contribution >= 4 is 35.8 Å². The SMILES string of the molecule is CCNC(=NCCN1CCCCC1C)N1CCN(C(C)=O)CC1.I. The Hall–Kier alpha value is -0.570. The quantitative estimate of drug-likeness (QED) is 0.401. The van der Waals surface area contributed by atoms with Crippen molar-refractivity contribution in [3.05, 3.63) is 0 Å². The monoisotopic (exact) mass is 451 g/mol. The number of piperazine rings is 1. The van der Waals surface area contributed by atoms with Gasteiger partial charge in [0.15, 0.2) is 5.96 Å². The maximum absolute atomic E-state index is 11.4. The van der Waals surface area contributed by atoms with Gasteiger partial charge in [0.1, 0.15) is 0 Å². The predicted octanol–water partition coefficient (Wildman–Crippen LogP) is 1.61. The zero-order valence-electron chi connectivity index (χ0n) is 15.5. The van der Waals surface area contributed by atoms with Crippen molar-refractivity contribution in [2.24, 2.45) is 4.99 Å². The largest absolute Gasteiger partial charge is 0.357 e. The molecule has 2 heterocycles. The number of nitrogens with one attached hydrogen (secondary N) is 1. The summed E-state index contributed by atoms with van der Waals surface area (Å²) in [4.78, 5) is 23.0. The standard InChI is InChI=1S/C17H33N5O.HI/c1-4-18-17(22-13-11-21(12-14-22)16(3)23)19-8-10-20-9-6-5-7-15(20)2;/h15H,4-14H2,1-3H3,(H,18,19);1H. The lowest BCUT2D eigenvalue weighted by Gasteiger charge is -2.36. The molecule has 2 rings (SSSR count). The molecule has 0 aliphatic carbocycles. The molecule has 24 heavy (non-hydrogen) atoms. The Morgan fingerprint density at radius 2 is 1.79 bits per heavy atom. The number of likely N-dealkylation sites (tertiary alicyclic amines) is 1. The molecule has 0 spiro atoms. The number of nitrogens with zero attached hydrogens (tertiary/aromatic N) is 4. The van der Waals surface area contributed by atoms with Crippen molar-refractivity contribution in [2.45, 2.75) is 46.1 Å². The number of rotatable bonds is 4. The van der Waals surface area contributed by atoms with E-state index in [4.69, 9.17) is 4.99 Å². The van der Waals surface area contributed by atoms with Crippen LogP contribution in [0.3, 0.4) is 0 Å². The number of carbonyl (C=O) groups is 1. The van der Waals surface area contributed by atoms with Gasteiger partial charge in [0.05, 0.1) is 6.54 Å². The number of carbonyl (C=O) groups excluding carboxylic acids is 1. The second-order valence-corrected chi connectivity index (χ2v) is 6.61. The van der Waals surface area contributed by atoms with E-state index in [2.05, 4.69) is 29.0 Å². The van der Waals surface area contributed by atoms with Gasteiger partial charge in [-0.1, -0.05) is 6.42 Å². The van der Waals surface area contributed by atoms with Crippen LogP contribution in [-0.4, -0.2) is 85.0 Å². The van der Waals surface area contributed by atoms with Gasteiger partial charge >= 0.3 is 0 Å². The van der Waals surface area contributed by atoms with Gasteiger partial charge in [-0.15, -0.1) is 24.0 Å². The number of aliphatic imine (C=N–C) groups is 1. The first-order chi connectivity index (χ1) is 11.1. The lowest BCUT2D eigenvalue weighted by atomic mass is 10.0. The van der Waals surface area contributed by atoms with E-state index in [1.54, 1.807) is 6.92 Å². The fourth-order valence-electron chi connectivity index (χ4n) is 3.43. The van der Waals surface area contributed by atoms with Crippen LogP contribution in [0.4, 0.5) is 0 Å². The highest BCUT2D eigenvalue weighted by molar-refractivity contribution is 14.0. The van der Waals surface area contributed by atoms with Gasteiger partial charge in [0.2, 0.25) is 5.91 Å². The van der Waals surface area contributed by atoms with Crippen LogP contribution in [0.5, 0.6) is 0 Å². The molecule has 0 radical (unpaired) electrons. The van der Waals surface area contributed by atoms with Crippen LogP contribution in [-0.2, 0) is 4.79 Å². The van der Waals surface area contributed by atoms with E-state index in [1.165, 1.54) is 25.8 Å². The van der Waals surface area contributed by atoms with E-state index in [-0.39, 0.29) is 29.9 Å². The molecule has 0 aromatic heterocycles.